The molecule has 0 aliphatic heterocycles. The van der Waals surface area contributed by atoms with Crippen molar-refractivity contribution in [2.24, 2.45) is 0 Å². The second-order valence-electron chi connectivity index (χ2n) is 3.76. The van der Waals surface area contributed by atoms with Crippen molar-refractivity contribution in [2.75, 3.05) is 7.05 Å². The van der Waals surface area contributed by atoms with Gasteiger partial charge in [-0.3, -0.25) is 4.79 Å². The molecule has 0 fully saturated rings. The Morgan fingerprint density at radius 2 is 1.56 bits per heavy atom. The SMILES string of the molecule is CNC(=O)c1cc(C(C)(F)F)cc(C(F)(F)F)c1. The molecular weight excluding hydrogens is 257 g/mol. The fourth-order valence-electron chi connectivity index (χ4n) is 1.32. The number of hydrogen-bond donors (Lipinski definition) is 1. The maximum absolute atomic E-state index is 13.1. The van der Waals surface area contributed by atoms with Crippen LogP contribution in [-0.2, 0) is 12.1 Å². The summed E-state index contributed by atoms with van der Waals surface area (Å²) >= 11 is 0. The summed E-state index contributed by atoms with van der Waals surface area (Å²) in [6, 6.07) is 1.62. The molecule has 0 bridgehead atoms. The fourth-order valence-corrected chi connectivity index (χ4v) is 1.32. The molecule has 2 nitrogen and oxygen atoms in total. The Bertz CT molecular complexity index is 429. The van der Waals surface area contributed by atoms with E-state index in [-0.39, 0.29) is 0 Å². The molecule has 18 heavy (non-hydrogen) atoms. The Morgan fingerprint density at radius 3 is 1.94 bits per heavy atom. The second-order valence-corrected chi connectivity index (χ2v) is 3.76. The summed E-state index contributed by atoms with van der Waals surface area (Å²) in [5.41, 5.74) is -2.58. The largest absolute Gasteiger partial charge is 0.416 e. The molecule has 0 aliphatic carbocycles. The van der Waals surface area contributed by atoms with E-state index in [2.05, 4.69) is 5.32 Å². The van der Waals surface area contributed by atoms with Crippen molar-refractivity contribution in [3.63, 3.8) is 0 Å². The molecule has 0 spiro atoms. The molecule has 0 radical (unpaired) electrons. The van der Waals surface area contributed by atoms with E-state index in [1.807, 2.05) is 0 Å². The fraction of sp³-hybridized carbons (Fsp3) is 0.364. The van der Waals surface area contributed by atoms with Crippen LogP contribution in [0.5, 0.6) is 0 Å². The highest BCUT2D eigenvalue weighted by molar-refractivity contribution is 5.94. The third-order valence-corrected chi connectivity index (χ3v) is 2.26. The Balaban J connectivity index is 3.44. The molecule has 1 aromatic carbocycles. The smallest absolute Gasteiger partial charge is 0.355 e. The van der Waals surface area contributed by atoms with E-state index in [0.29, 0.717) is 19.1 Å². The highest BCUT2D eigenvalue weighted by atomic mass is 19.4. The summed E-state index contributed by atoms with van der Waals surface area (Å²) in [6.45, 7) is 0.468. The normalized spacial score (nSPS) is 12.4. The van der Waals surface area contributed by atoms with E-state index in [0.717, 1.165) is 6.07 Å². The molecule has 1 rings (SSSR count). The van der Waals surface area contributed by atoms with Gasteiger partial charge in [0, 0.05) is 25.1 Å². The number of amides is 1. The molecule has 0 saturated heterocycles. The molecule has 1 N–H and O–H groups in total. The van der Waals surface area contributed by atoms with Crippen molar-refractivity contribution in [1.29, 1.82) is 0 Å². The summed E-state index contributed by atoms with van der Waals surface area (Å²) in [5, 5.41) is 2.09. The van der Waals surface area contributed by atoms with Crippen molar-refractivity contribution >= 4 is 5.91 Å². The summed E-state index contributed by atoms with van der Waals surface area (Å²) in [5.74, 6) is -4.31. The van der Waals surface area contributed by atoms with E-state index in [9.17, 15) is 26.7 Å². The minimum atomic E-state index is -4.79. The zero-order chi connectivity index (χ0) is 14.1. The van der Waals surface area contributed by atoms with Crippen molar-refractivity contribution in [3.05, 3.63) is 34.9 Å². The van der Waals surface area contributed by atoms with Crippen molar-refractivity contribution in [2.45, 2.75) is 19.0 Å². The number of nitrogens with one attached hydrogen (secondary N) is 1. The van der Waals surface area contributed by atoms with Gasteiger partial charge >= 0.3 is 6.18 Å². The number of carbonyl (C=O) groups is 1. The molecule has 1 aromatic rings. The van der Waals surface area contributed by atoms with E-state index in [1.165, 1.54) is 7.05 Å². The van der Waals surface area contributed by atoms with Gasteiger partial charge in [0.2, 0.25) is 0 Å². The van der Waals surface area contributed by atoms with Gasteiger partial charge in [-0.05, 0) is 18.2 Å². The summed E-state index contributed by atoms with van der Waals surface area (Å²) in [4.78, 5) is 11.2. The number of hydrogen-bond acceptors (Lipinski definition) is 1. The van der Waals surface area contributed by atoms with Gasteiger partial charge in [-0.25, -0.2) is 8.78 Å². The predicted octanol–water partition coefficient (Wildman–Crippen LogP) is 3.18. The first kappa shape index (κ1) is 14.4. The number of benzene rings is 1. The third-order valence-electron chi connectivity index (χ3n) is 2.26. The van der Waals surface area contributed by atoms with Crippen LogP contribution in [-0.4, -0.2) is 13.0 Å². The van der Waals surface area contributed by atoms with Crippen LogP contribution in [0.1, 0.15) is 28.4 Å². The molecule has 7 heteroatoms. The van der Waals surface area contributed by atoms with Crippen LogP contribution in [0.15, 0.2) is 18.2 Å². The molecule has 0 aromatic heterocycles. The van der Waals surface area contributed by atoms with Gasteiger partial charge in [0.05, 0.1) is 5.56 Å². The Morgan fingerprint density at radius 1 is 1.06 bits per heavy atom. The molecular formula is C11H10F5NO. The lowest BCUT2D eigenvalue weighted by Crippen LogP contribution is -2.20. The van der Waals surface area contributed by atoms with Crippen LogP contribution < -0.4 is 5.32 Å². The lowest BCUT2D eigenvalue weighted by Gasteiger charge is -2.15. The molecule has 0 aliphatic rings. The van der Waals surface area contributed by atoms with Gasteiger partial charge < -0.3 is 5.32 Å². The third kappa shape index (κ3) is 3.18. The van der Waals surface area contributed by atoms with Crippen molar-refractivity contribution in [3.8, 4) is 0 Å². The summed E-state index contributed by atoms with van der Waals surface area (Å²) in [6.07, 6.45) is -4.79. The van der Waals surface area contributed by atoms with Gasteiger partial charge in [0.25, 0.3) is 11.8 Å². The quantitative estimate of drug-likeness (QED) is 0.819. The van der Waals surface area contributed by atoms with Crippen molar-refractivity contribution < 1.29 is 26.7 Å². The number of carbonyl (C=O) groups excluding carboxylic acids is 1. The lowest BCUT2D eigenvalue weighted by atomic mass is 10.0. The first-order valence-electron chi connectivity index (χ1n) is 4.88. The zero-order valence-electron chi connectivity index (χ0n) is 9.53. The number of halogens is 5. The van der Waals surface area contributed by atoms with Crippen LogP contribution >= 0.6 is 0 Å². The summed E-state index contributed by atoms with van der Waals surface area (Å²) in [7, 11) is 1.20. The second kappa shape index (κ2) is 4.55. The highest BCUT2D eigenvalue weighted by Gasteiger charge is 2.35. The molecule has 0 heterocycles. The van der Waals surface area contributed by atoms with Gasteiger partial charge in [0.1, 0.15) is 0 Å². The van der Waals surface area contributed by atoms with Crippen LogP contribution in [0.4, 0.5) is 22.0 Å². The molecule has 0 unspecified atom stereocenters. The average Bonchev–Trinajstić information content (AvgIpc) is 2.25. The predicted molar refractivity (Wildman–Crippen MR) is 54.4 cm³/mol. The Hall–Kier alpha value is -1.66. The standard InChI is InChI=1S/C11H10F5NO/c1-10(12,13)7-3-6(9(18)17-2)4-8(5-7)11(14,15)16/h3-5H,1-2H3,(H,17,18). The maximum atomic E-state index is 13.1. The summed E-state index contributed by atoms with van der Waals surface area (Å²) < 4.78 is 63.7. The van der Waals surface area contributed by atoms with E-state index >= 15 is 0 Å². The van der Waals surface area contributed by atoms with Crippen LogP contribution in [0, 0.1) is 0 Å². The lowest BCUT2D eigenvalue weighted by molar-refractivity contribution is -0.137. The van der Waals surface area contributed by atoms with Gasteiger partial charge in [-0.1, -0.05) is 0 Å². The number of rotatable bonds is 2. The molecule has 0 atom stereocenters. The number of alkyl halides is 5. The molecule has 100 valence electrons. The van der Waals surface area contributed by atoms with Crippen LogP contribution in [0.25, 0.3) is 0 Å². The van der Waals surface area contributed by atoms with E-state index < -0.39 is 34.7 Å². The zero-order valence-corrected chi connectivity index (χ0v) is 9.53. The maximum Gasteiger partial charge on any atom is 0.416 e. The first-order chi connectivity index (χ1) is 8.05. The average molecular weight is 267 g/mol. The first-order valence-corrected chi connectivity index (χ1v) is 4.88. The van der Waals surface area contributed by atoms with E-state index in [4.69, 9.17) is 0 Å². The highest BCUT2D eigenvalue weighted by Crippen LogP contribution is 2.35. The molecule has 1 amide bonds. The van der Waals surface area contributed by atoms with Gasteiger partial charge in [-0.15, -0.1) is 0 Å². The Labute approximate surface area is 99.8 Å². The monoisotopic (exact) mass is 267 g/mol. The van der Waals surface area contributed by atoms with E-state index in [1.54, 1.807) is 0 Å². The van der Waals surface area contributed by atoms with Crippen LogP contribution in [0.3, 0.4) is 0 Å². The topological polar surface area (TPSA) is 29.1 Å². The molecule has 0 saturated carbocycles. The minimum Gasteiger partial charge on any atom is -0.355 e. The van der Waals surface area contributed by atoms with Crippen LogP contribution in [0.2, 0.25) is 0 Å². The van der Waals surface area contributed by atoms with Gasteiger partial charge in [-0.2, -0.15) is 13.2 Å². The van der Waals surface area contributed by atoms with Crippen molar-refractivity contribution in [1.82, 2.24) is 5.32 Å². The van der Waals surface area contributed by atoms with Gasteiger partial charge in [0.15, 0.2) is 0 Å². The minimum absolute atomic E-state index is 0.340. The Kier molecular flexibility index (Phi) is 3.64.